The van der Waals surface area contributed by atoms with Crippen molar-refractivity contribution in [2.75, 3.05) is 5.32 Å². The Bertz CT molecular complexity index is 1260. The zero-order valence-corrected chi connectivity index (χ0v) is 17.0. The monoisotopic (exact) mass is 429 g/mol. The molecule has 7 heteroatoms. The molecule has 0 saturated carbocycles. The summed E-state index contributed by atoms with van der Waals surface area (Å²) in [5, 5.41) is 12.5. The lowest BCUT2D eigenvalue weighted by molar-refractivity contribution is -0.112. The van der Waals surface area contributed by atoms with Gasteiger partial charge in [0.1, 0.15) is 29.8 Å². The van der Waals surface area contributed by atoms with E-state index in [1.807, 2.05) is 30.3 Å². The number of hydrogen-bond acceptors (Lipinski definition) is 5. The van der Waals surface area contributed by atoms with Crippen molar-refractivity contribution in [2.24, 2.45) is 0 Å². The molecule has 4 aromatic rings. The normalized spacial score (nSPS) is 11.2. The Morgan fingerprint density at radius 1 is 1.10 bits per heavy atom. The number of nitrogens with one attached hydrogen (secondary N) is 1. The molecule has 0 saturated heterocycles. The van der Waals surface area contributed by atoms with Crippen LogP contribution in [0.5, 0.6) is 5.75 Å². The Morgan fingerprint density at radius 2 is 1.84 bits per heavy atom. The first kappa shape index (κ1) is 20.3. The molecule has 4 rings (SSSR count). The van der Waals surface area contributed by atoms with Crippen LogP contribution in [0, 0.1) is 17.1 Å². The maximum absolute atomic E-state index is 13.0. The van der Waals surface area contributed by atoms with Gasteiger partial charge in [0, 0.05) is 0 Å². The number of carbonyl (C=O) groups excluding carboxylic acids is 1. The second-order valence-electron chi connectivity index (χ2n) is 6.59. The van der Waals surface area contributed by atoms with Gasteiger partial charge in [-0.2, -0.15) is 5.26 Å². The summed E-state index contributed by atoms with van der Waals surface area (Å²) in [7, 11) is 0. The molecule has 0 spiro atoms. The number of nitrogens with zero attached hydrogens (tertiary/aromatic N) is 2. The second kappa shape index (κ2) is 9.20. The highest BCUT2D eigenvalue weighted by Gasteiger charge is 2.12. The van der Waals surface area contributed by atoms with Gasteiger partial charge < -0.3 is 4.74 Å². The molecule has 1 amide bonds. The average Bonchev–Trinajstić information content (AvgIpc) is 3.20. The Labute approximate surface area is 182 Å². The Morgan fingerprint density at radius 3 is 2.55 bits per heavy atom. The smallest absolute Gasteiger partial charge is 0.268 e. The molecule has 1 aromatic heterocycles. The standard InChI is InChI=1S/C24H16FN3O2S/c25-19-9-5-17(6-10-19)15-30-20-11-7-16(8-12-20)13-18(14-26)23(29)28-24-27-21-3-1-2-4-22(21)31-24/h1-13H,15H2,(H,27,28,29)/b18-13+. The number of fused-ring (bicyclic) bond motifs is 1. The molecule has 0 atom stereocenters. The van der Waals surface area contributed by atoms with Crippen molar-refractivity contribution in [3.05, 3.63) is 95.3 Å². The number of hydrogen-bond donors (Lipinski definition) is 1. The van der Waals surface area contributed by atoms with Gasteiger partial charge in [0.2, 0.25) is 0 Å². The number of aromatic nitrogens is 1. The van der Waals surface area contributed by atoms with Gasteiger partial charge in [-0.05, 0) is 53.6 Å². The molecule has 0 aliphatic rings. The van der Waals surface area contributed by atoms with Crippen molar-refractivity contribution in [1.82, 2.24) is 4.98 Å². The number of para-hydroxylation sites is 1. The molecule has 0 aliphatic carbocycles. The molecule has 1 N–H and O–H groups in total. The number of halogens is 1. The van der Waals surface area contributed by atoms with E-state index in [0.29, 0.717) is 23.1 Å². The van der Waals surface area contributed by atoms with Gasteiger partial charge in [-0.3, -0.25) is 10.1 Å². The number of thiazole rings is 1. The predicted octanol–water partition coefficient (Wildman–Crippen LogP) is 5.56. The average molecular weight is 429 g/mol. The van der Waals surface area contributed by atoms with Gasteiger partial charge >= 0.3 is 0 Å². The Balaban J connectivity index is 1.41. The highest BCUT2D eigenvalue weighted by atomic mass is 32.1. The van der Waals surface area contributed by atoms with E-state index in [1.54, 1.807) is 36.4 Å². The lowest BCUT2D eigenvalue weighted by Gasteiger charge is -2.07. The minimum absolute atomic E-state index is 0.0285. The summed E-state index contributed by atoms with van der Waals surface area (Å²) in [5.41, 5.74) is 2.30. The third kappa shape index (κ3) is 5.13. The van der Waals surface area contributed by atoms with Crippen molar-refractivity contribution in [1.29, 1.82) is 5.26 Å². The van der Waals surface area contributed by atoms with E-state index in [9.17, 15) is 14.4 Å². The number of benzene rings is 3. The van der Waals surface area contributed by atoms with Crippen LogP contribution in [0.2, 0.25) is 0 Å². The van der Waals surface area contributed by atoms with Gasteiger partial charge in [-0.1, -0.05) is 47.7 Å². The highest BCUT2D eigenvalue weighted by Crippen LogP contribution is 2.26. The molecular formula is C24H16FN3O2S. The predicted molar refractivity (Wildman–Crippen MR) is 119 cm³/mol. The van der Waals surface area contributed by atoms with E-state index in [1.165, 1.54) is 29.5 Å². The van der Waals surface area contributed by atoms with Crippen molar-refractivity contribution in [3.63, 3.8) is 0 Å². The summed E-state index contributed by atoms with van der Waals surface area (Å²) < 4.78 is 19.6. The van der Waals surface area contributed by atoms with Crippen LogP contribution in [0.1, 0.15) is 11.1 Å². The number of nitriles is 1. The van der Waals surface area contributed by atoms with Gasteiger partial charge in [0.15, 0.2) is 5.13 Å². The zero-order chi connectivity index (χ0) is 21.6. The molecular weight excluding hydrogens is 413 g/mol. The number of amides is 1. The van der Waals surface area contributed by atoms with Crippen LogP contribution in [-0.4, -0.2) is 10.9 Å². The molecule has 3 aromatic carbocycles. The summed E-state index contributed by atoms with van der Waals surface area (Å²) in [5.74, 6) is -0.183. The summed E-state index contributed by atoms with van der Waals surface area (Å²) in [6, 6.07) is 22.6. The fourth-order valence-electron chi connectivity index (χ4n) is 2.81. The van der Waals surface area contributed by atoms with E-state index < -0.39 is 5.91 Å². The molecule has 0 bridgehead atoms. The van der Waals surface area contributed by atoms with Crippen molar-refractivity contribution < 1.29 is 13.9 Å². The maximum atomic E-state index is 13.0. The summed E-state index contributed by atoms with van der Waals surface area (Å²) in [6.07, 6.45) is 1.51. The third-order valence-corrected chi connectivity index (χ3v) is 5.34. The van der Waals surface area contributed by atoms with Crippen molar-refractivity contribution >= 4 is 38.7 Å². The number of ether oxygens (including phenoxy) is 1. The maximum Gasteiger partial charge on any atom is 0.268 e. The van der Waals surface area contributed by atoms with Crippen LogP contribution in [0.3, 0.4) is 0 Å². The molecule has 0 fully saturated rings. The molecule has 0 radical (unpaired) electrons. The van der Waals surface area contributed by atoms with Crippen molar-refractivity contribution in [2.45, 2.75) is 6.61 Å². The fraction of sp³-hybridized carbons (Fsp3) is 0.0417. The molecule has 5 nitrogen and oxygen atoms in total. The summed E-state index contributed by atoms with van der Waals surface area (Å²) in [6.45, 7) is 0.309. The van der Waals surface area contributed by atoms with Crippen LogP contribution in [0.4, 0.5) is 9.52 Å². The largest absolute Gasteiger partial charge is 0.489 e. The molecule has 0 unspecified atom stereocenters. The van der Waals surface area contributed by atoms with E-state index in [-0.39, 0.29) is 11.4 Å². The van der Waals surface area contributed by atoms with E-state index in [0.717, 1.165) is 15.8 Å². The van der Waals surface area contributed by atoms with E-state index in [2.05, 4.69) is 10.3 Å². The van der Waals surface area contributed by atoms with Gasteiger partial charge in [-0.25, -0.2) is 9.37 Å². The first-order valence-corrected chi connectivity index (χ1v) is 10.2. The van der Waals surface area contributed by atoms with Crippen LogP contribution < -0.4 is 10.1 Å². The number of rotatable bonds is 6. The Kier molecular flexibility index (Phi) is 6.01. The highest BCUT2D eigenvalue weighted by molar-refractivity contribution is 7.22. The first-order chi connectivity index (χ1) is 15.1. The lowest BCUT2D eigenvalue weighted by Crippen LogP contribution is -2.13. The SMILES string of the molecule is N#C/C(=C\c1ccc(OCc2ccc(F)cc2)cc1)C(=O)Nc1nc2ccccc2s1. The minimum Gasteiger partial charge on any atom is -0.489 e. The summed E-state index contributed by atoms with van der Waals surface area (Å²) in [4.78, 5) is 16.8. The molecule has 152 valence electrons. The fourth-order valence-corrected chi connectivity index (χ4v) is 3.67. The van der Waals surface area contributed by atoms with Gasteiger partial charge in [-0.15, -0.1) is 0 Å². The van der Waals surface area contributed by atoms with Crippen LogP contribution in [0.15, 0.2) is 78.4 Å². The second-order valence-corrected chi connectivity index (χ2v) is 7.63. The minimum atomic E-state index is -0.516. The van der Waals surface area contributed by atoms with Crippen molar-refractivity contribution in [3.8, 4) is 11.8 Å². The van der Waals surface area contributed by atoms with E-state index >= 15 is 0 Å². The Hall–Kier alpha value is -4.02. The van der Waals surface area contributed by atoms with E-state index in [4.69, 9.17) is 4.74 Å². The van der Waals surface area contributed by atoms with Crippen LogP contribution >= 0.6 is 11.3 Å². The number of carbonyl (C=O) groups is 1. The quantitative estimate of drug-likeness (QED) is 0.322. The van der Waals surface area contributed by atoms with Gasteiger partial charge in [0.25, 0.3) is 5.91 Å². The lowest BCUT2D eigenvalue weighted by atomic mass is 10.1. The van der Waals surface area contributed by atoms with Gasteiger partial charge in [0.05, 0.1) is 10.2 Å². The molecule has 1 heterocycles. The van der Waals surface area contributed by atoms with Crippen LogP contribution in [-0.2, 0) is 11.4 Å². The number of anilines is 1. The molecule has 0 aliphatic heterocycles. The first-order valence-electron chi connectivity index (χ1n) is 9.37. The summed E-state index contributed by atoms with van der Waals surface area (Å²) >= 11 is 1.35. The topological polar surface area (TPSA) is 75.0 Å². The third-order valence-electron chi connectivity index (χ3n) is 4.39. The zero-order valence-electron chi connectivity index (χ0n) is 16.2. The van der Waals surface area contributed by atoms with Crippen LogP contribution in [0.25, 0.3) is 16.3 Å². The molecule has 31 heavy (non-hydrogen) atoms.